The predicted octanol–water partition coefficient (Wildman–Crippen LogP) is 2.55. The molecule has 0 radical (unpaired) electrons. The number of likely N-dealkylation sites (tertiary alicyclic amines) is 1. The highest BCUT2D eigenvalue weighted by atomic mass is 16.4. The van der Waals surface area contributed by atoms with E-state index in [1.807, 2.05) is 35.0 Å². The summed E-state index contributed by atoms with van der Waals surface area (Å²) < 4.78 is 7.82. The summed E-state index contributed by atoms with van der Waals surface area (Å²) in [5.41, 5.74) is 0.948. The van der Waals surface area contributed by atoms with Gasteiger partial charge in [-0.15, -0.1) is 10.2 Å². The van der Waals surface area contributed by atoms with Gasteiger partial charge in [0.25, 0.3) is 0 Å². The van der Waals surface area contributed by atoms with Crippen molar-refractivity contribution in [1.29, 1.82) is 0 Å². The van der Waals surface area contributed by atoms with Crippen molar-refractivity contribution in [2.75, 3.05) is 6.54 Å². The molecule has 0 unspecified atom stereocenters. The van der Waals surface area contributed by atoms with Crippen LogP contribution in [0.25, 0.3) is 11.5 Å². The Balaban J connectivity index is 1.50. The topological polar surface area (TPSA) is 72.9 Å². The van der Waals surface area contributed by atoms with Crippen LogP contribution >= 0.6 is 0 Å². The first-order chi connectivity index (χ1) is 11.8. The molecule has 1 aromatic carbocycles. The number of rotatable bonds is 5. The molecule has 7 heteroatoms. The molecule has 1 fully saturated rings. The lowest BCUT2D eigenvalue weighted by Gasteiger charge is -2.28. The van der Waals surface area contributed by atoms with Crippen LogP contribution in [0.1, 0.15) is 31.7 Å². The number of hydrogen-bond donors (Lipinski definition) is 0. The van der Waals surface area contributed by atoms with Crippen molar-refractivity contribution in [1.82, 2.24) is 29.9 Å². The van der Waals surface area contributed by atoms with E-state index < -0.39 is 0 Å². The third-order valence-corrected chi connectivity index (χ3v) is 4.60. The second-order valence-corrected chi connectivity index (χ2v) is 6.14. The predicted molar refractivity (Wildman–Crippen MR) is 87.9 cm³/mol. The normalized spacial score (nSPS) is 19.6. The van der Waals surface area contributed by atoms with Gasteiger partial charge in [0.05, 0.1) is 12.6 Å². The maximum Gasteiger partial charge on any atom is 0.247 e. The monoisotopic (exact) mass is 324 g/mol. The summed E-state index contributed by atoms with van der Waals surface area (Å²) in [5.74, 6) is 1.24. The molecule has 0 amide bonds. The number of hydrogen-bond acceptors (Lipinski definition) is 6. The fourth-order valence-corrected chi connectivity index (χ4v) is 3.35. The van der Waals surface area contributed by atoms with Crippen LogP contribution in [0.5, 0.6) is 0 Å². The van der Waals surface area contributed by atoms with E-state index in [1.165, 1.54) is 6.42 Å². The first kappa shape index (κ1) is 15.0. The molecule has 1 aliphatic heterocycles. The average molecular weight is 324 g/mol. The summed E-state index contributed by atoms with van der Waals surface area (Å²) in [7, 11) is 0. The molecule has 1 saturated heterocycles. The minimum absolute atomic E-state index is 0.0889. The molecular weight excluding hydrogens is 304 g/mol. The molecule has 0 saturated carbocycles. The van der Waals surface area contributed by atoms with Gasteiger partial charge in [0.15, 0.2) is 0 Å². The van der Waals surface area contributed by atoms with Gasteiger partial charge in [-0.25, -0.2) is 4.98 Å². The maximum absolute atomic E-state index is 5.93. The van der Waals surface area contributed by atoms with Crippen LogP contribution in [-0.4, -0.2) is 42.4 Å². The van der Waals surface area contributed by atoms with Crippen LogP contribution in [0.15, 0.2) is 47.4 Å². The van der Waals surface area contributed by atoms with Gasteiger partial charge in [0.1, 0.15) is 12.7 Å². The average Bonchev–Trinajstić information content (AvgIpc) is 3.37. The van der Waals surface area contributed by atoms with Gasteiger partial charge in [-0.1, -0.05) is 18.2 Å². The largest absolute Gasteiger partial charge is 0.419 e. The highest BCUT2D eigenvalue weighted by Crippen LogP contribution is 2.30. The Bertz CT molecular complexity index is 770. The standard InChI is InChI=1S/C17H20N6O/c1-13(16-20-21-17(24-16)14-6-3-2-4-7-14)23-9-5-8-15(23)10-22-12-18-11-19-22/h2-4,6-7,11-13,15H,5,8-10H2,1H3/t13-,15+/m1/s1. The molecule has 3 heterocycles. The Kier molecular flexibility index (Phi) is 4.08. The fourth-order valence-electron chi connectivity index (χ4n) is 3.35. The van der Waals surface area contributed by atoms with Gasteiger partial charge >= 0.3 is 0 Å². The van der Waals surface area contributed by atoms with E-state index in [0.29, 0.717) is 17.8 Å². The second kappa shape index (κ2) is 6.52. The lowest BCUT2D eigenvalue weighted by atomic mass is 10.2. The van der Waals surface area contributed by atoms with Gasteiger partial charge in [-0.3, -0.25) is 9.58 Å². The first-order valence-electron chi connectivity index (χ1n) is 8.28. The minimum Gasteiger partial charge on any atom is -0.419 e. The van der Waals surface area contributed by atoms with Gasteiger partial charge in [0, 0.05) is 11.6 Å². The Labute approximate surface area is 140 Å². The summed E-state index contributed by atoms with van der Waals surface area (Å²) in [6.45, 7) is 4.00. The zero-order valence-electron chi connectivity index (χ0n) is 13.6. The lowest BCUT2D eigenvalue weighted by molar-refractivity contribution is 0.152. The van der Waals surface area contributed by atoms with E-state index in [-0.39, 0.29) is 6.04 Å². The second-order valence-electron chi connectivity index (χ2n) is 6.14. The van der Waals surface area contributed by atoms with E-state index >= 15 is 0 Å². The van der Waals surface area contributed by atoms with Crippen molar-refractivity contribution in [3.63, 3.8) is 0 Å². The molecule has 1 aliphatic rings. The summed E-state index contributed by atoms with van der Waals surface area (Å²) in [6, 6.07) is 10.4. The highest BCUT2D eigenvalue weighted by molar-refractivity contribution is 5.51. The maximum atomic E-state index is 5.93. The lowest BCUT2D eigenvalue weighted by Crippen LogP contribution is -2.35. The summed E-state index contributed by atoms with van der Waals surface area (Å²) >= 11 is 0. The molecule has 2 aromatic heterocycles. The Hall–Kier alpha value is -2.54. The minimum atomic E-state index is 0.0889. The summed E-state index contributed by atoms with van der Waals surface area (Å²) in [5, 5.41) is 12.7. The van der Waals surface area contributed by atoms with Crippen LogP contribution in [0, 0.1) is 0 Å². The van der Waals surface area contributed by atoms with E-state index in [9.17, 15) is 0 Å². The van der Waals surface area contributed by atoms with Crippen molar-refractivity contribution < 1.29 is 4.42 Å². The van der Waals surface area contributed by atoms with Crippen LogP contribution in [-0.2, 0) is 6.54 Å². The Morgan fingerprint density at radius 3 is 2.92 bits per heavy atom. The van der Waals surface area contributed by atoms with Crippen molar-refractivity contribution in [3.05, 3.63) is 48.9 Å². The van der Waals surface area contributed by atoms with Gasteiger partial charge in [0.2, 0.25) is 11.8 Å². The Morgan fingerprint density at radius 1 is 1.25 bits per heavy atom. The third-order valence-electron chi connectivity index (χ3n) is 4.60. The molecular formula is C17H20N6O. The van der Waals surface area contributed by atoms with Crippen molar-refractivity contribution in [3.8, 4) is 11.5 Å². The Morgan fingerprint density at radius 2 is 2.12 bits per heavy atom. The summed E-state index contributed by atoms with van der Waals surface area (Å²) in [4.78, 5) is 6.44. The third kappa shape index (κ3) is 2.94. The van der Waals surface area contributed by atoms with Crippen molar-refractivity contribution in [2.24, 2.45) is 0 Å². The van der Waals surface area contributed by atoms with E-state index in [1.54, 1.807) is 12.7 Å². The van der Waals surface area contributed by atoms with Crippen molar-refractivity contribution >= 4 is 0 Å². The molecule has 4 rings (SSSR count). The molecule has 124 valence electrons. The molecule has 7 nitrogen and oxygen atoms in total. The van der Waals surface area contributed by atoms with E-state index in [0.717, 1.165) is 25.1 Å². The van der Waals surface area contributed by atoms with Crippen LogP contribution in [0.3, 0.4) is 0 Å². The quantitative estimate of drug-likeness (QED) is 0.718. The zero-order chi connectivity index (χ0) is 16.4. The number of nitrogens with zero attached hydrogens (tertiary/aromatic N) is 6. The molecule has 0 N–H and O–H groups in total. The van der Waals surface area contributed by atoms with Gasteiger partial charge in [-0.05, 0) is 38.4 Å². The first-order valence-corrected chi connectivity index (χ1v) is 8.28. The van der Waals surface area contributed by atoms with Crippen molar-refractivity contribution in [2.45, 2.75) is 38.4 Å². The highest BCUT2D eigenvalue weighted by Gasteiger charge is 2.32. The van der Waals surface area contributed by atoms with E-state index in [4.69, 9.17) is 4.42 Å². The van der Waals surface area contributed by atoms with Gasteiger partial charge < -0.3 is 4.42 Å². The molecule has 0 spiro atoms. The number of aromatic nitrogens is 5. The number of benzene rings is 1. The van der Waals surface area contributed by atoms with Crippen LogP contribution in [0.4, 0.5) is 0 Å². The molecule has 0 aliphatic carbocycles. The van der Waals surface area contributed by atoms with Crippen LogP contribution < -0.4 is 0 Å². The van der Waals surface area contributed by atoms with Crippen LogP contribution in [0.2, 0.25) is 0 Å². The molecule has 0 bridgehead atoms. The van der Waals surface area contributed by atoms with Gasteiger partial charge in [-0.2, -0.15) is 5.10 Å². The molecule has 24 heavy (non-hydrogen) atoms. The zero-order valence-corrected chi connectivity index (χ0v) is 13.6. The molecule has 2 atom stereocenters. The SMILES string of the molecule is C[C@H](c1nnc(-c2ccccc2)o1)N1CCC[C@H]1Cn1cncn1. The summed E-state index contributed by atoms with van der Waals surface area (Å²) in [6.07, 6.45) is 5.65. The van der Waals surface area contributed by atoms with E-state index in [2.05, 4.69) is 32.1 Å². The fraction of sp³-hybridized carbons (Fsp3) is 0.412. The molecule has 3 aromatic rings. The smallest absolute Gasteiger partial charge is 0.247 e.